The van der Waals surface area contributed by atoms with Crippen LogP contribution in [0.2, 0.25) is 0 Å². The average molecular weight is 276 g/mol. The van der Waals surface area contributed by atoms with E-state index in [2.05, 4.69) is 0 Å². The largest absolute Gasteiger partial charge is 0.454 e. The maximum absolute atomic E-state index is 12.2. The van der Waals surface area contributed by atoms with Crippen molar-refractivity contribution in [2.45, 2.75) is 31.7 Å². The second-order valence-corrected chi connectivity index (χ2v) is 5.25. The number of nitrogens with zero attached hydrogens (tertiary/aromatic N) is 1. The third kappa shape index (κ3) is 2.45. The quantitative estimate of drug-likeness (QED) is 0.911. The van der Waals surface area contributed by atoms with Gasteiger partial charge in [0.05, 0.1) is 6.04 Å². The standard InChI is InChI=1S/C15H20N2O3/c16-7-1-4-15(18)17-8-2-3-12(17)11-5-6-13-14(9-11)20-10-19-13/h5-6,9,12H,1-4,7-8,10,16H2. The van der Waals surface area contributed by atoms with Crippen molar-refractivity contribution in [3.05, 3.63) is 23.8 Å². The number of hydrogen-bond donors (Lipinski definition) is 1. The molecule has 1 unspecified atom stereocenters. The normalized spacial score (nSPS) is 20.4. The monoisotopic (exact) mass is 276 g/mol. The number of fused-ring (bicyclic) bond motifs is 1. The van der Waals surface area contributed by atoms with Crippen LogP contribution in [0.3, 0.4) is 0 Å². The molecule has 0 aromatic heterocycles. The predicted molar refractivity (Wildman–Crippen MR) is 74.5 cm³/mol. The fourth-order valence-corrected chi connectivity index (χ4v) is 2.93. The van der Waals surface area contributed by atoms with Gasteiger partial charge in [-0.1, -0.05) is 6.07 Å². The zero-order chi connectivity index (χ0) is 13.9. The number of likely N-dealkylation sites (tertiary alicyclic amines) is 1. The molecule has 1 amide bonds. The van der Waals surface area contributed by atoms with Crippen LogP contribution in [-0.4, -0.2) is 30.7 Å². The van der Waals surface area contributed by atoms with E-state index in [1.807, 2.05) is 23.1 Å². The lowest BCUT2D eigenvalue weighted by Crippen LogP contribution is -2.30. The van der Waals surface area contributed by atoms with Crippen LogP contribution in [0.15, 0.2) is 18.2 Å². The molecule has 1 aromatic rings. The van der Waals surface area contributed by atoms with E-state index in [4.69, 9.17) is 15.2 Å². The number of benzene rings is 1. The van der Waals surface area contributed by atoms with Crippen molar-refractivity contribution in [3.8, 4) is 11.5 Å². The summed E-state index contributed by atoms with van der Waals surface area (Å²) in [6.45, 7) is 1.68. The Morgan fingerprint density at radius 2 is 2.20 bits per heavy atom. The summed E-state index contributed by atoms with van der Waals surface area (Å²) in [5.41, 5.74) is 6.61. The minimum Gasteiger partial charge on any atom is -0.454 e. The molecule has 2 aliphatic heterocycles. The van der Waals surface area contributed by atoms with Gasteiger partial charge in [-0.3, -0.25) is 4.79 Å². The van der Waals surface area contributed by atoms with Crippen LogP contribution < -0.4 is 15.2 Å². The van der Waals surface area contributed by atoms with Gasteiger partial charge < -0.3 is 20.1 Å². The average Bonchev–Trinajstić information content (AvgIpc) is 3.11. The van der Waals surface area contributed by atoms with Crippen LogP contribution in [0.5, 0.6) is 11.5 Å². The summed E-state index contributed by atoms with van der Waals surface area (Å²) in [6.07, 6.45) is 3.35. The minimum atomic E-state index is 0.162. The highest BCUT2D eigenvalue weighted by Gasteiger charge is 2.30. The molecule has 1 aromatic carbocycles. The van der Waals surface area contributed by atoms with E-state index in [0.29, 0.717) is 13.0 Å². The molecule has 2 heterocycles. The SMILES string of the molecule is NCCCC(=O)N1CCCC1c1ccc2c(c1)OCO2. The number of rotatable bonds is 4. The van der Waals surface area contributed by atoms with Gasteiger partial charge in [-0.05, 0) is 43.5 Å². The lowest BCUT2D eigenvalue weighted by Gasteiger charge is -2.25. The van der Waals surface area contributed by atoms with Crippen LogP contribution in [0.25, 0.3) is 0 Å². The van der Waals surface area contributed by atoms with Crippen LogP contribution in [0.1, 0.15) is 37.3 Å². The third-order valence-corrected chi connectivity index (χ3v) is 3.95. The summed E-state index contributed by atoms with van der Waals surface area (Å²) in [5, 5.41) is 0. The lowest BCUT2D eigenvalue weighted by molar-refractivity contribution is -0.132. The molecule has 20 heavy (non-hydrogen) atoms. The Morgan fingerprint density at radius 1 is 1.35 bits per heavy atom. The first-order valence-corrected chi connectivity index (χ1v) is 7.18. The third-order valence-electron chi connectivity index (χ3n) is 3.95. The first kappa shape index (κ1) is 13.2. The molecule has 0 bridgehead atoms. The summed E-state index contributed by atoms with van der Waals surface area (Å²) < 4.78 is 10.7. The molecule has 0 spiro atoms. The van der Waals surface area contributed by atoms with Crippen molar-refractivity contribution in [3.63, 3.8) is 0 Å². The number of ether oxygens (including phenoxy) is 2. The second-order valence-electron chi connectivity index (χ2n) is 5.25. The molecular weight excluding hydrogens is 256 g/mol. The van der Waals surface area contributed by atoms with Crippen LogP contribution in [0, 0.1) is 0 Å². The molecule has 0 aliphatic carbocycles. The van der Waals surface area contributed by atoms with E-state index < -0.39 is 0 Å². The van der Waals surface area contributed by atoms with Gasteiger partial charge in [0.1, 0.15) is 0 Å². The molecule has 5 heteroatoms. The molecule has 0 radical (unpaired) electrons. The minimum absolute atomic E-state index is 0.162. The number of carbonyl (C=O) groups is 1. The van der Waals surface area contributed by atoms with Crippen molar-refractivity contribution in [2.24, 2.45) is 5.73 Å². The summed E-state index contributed by atoms with van der Waals surface area (Å²) in [4.78, 5) is 14.2. The zero-order valence-electron chi connectivity index (χ0n) is 11.5. The lowest BCUT2D eigenvalue weighted by atomic mass is 10.0. The fourth-order valence-electron chi connectivity index (χ4n) is 2.93. The van der Waals surface area contributed by atoms with Gasteiger partial charge in [0.25, 0.3) is 0 Å². The smallest absolute Gasteiger partial charge is 0.231 e. The highest BCUT2D eigenvalue weighted by Crippen LogP contribution is 2.39. The Labute approximate surface area is 118 Å². The van der Waals surface area contributed by atoms with Crippen molar-refractivity contribution >= 4 is 5.91 Å². The Kier molecular flexibility index (Phi) is 3.78. The van der Waals surface area contributed by atoms with Gasteiger partial charge in [0.2, 0.25) is 12.7 Å². The number of nitrogens with two attached hydrogens (primary N) is 1. The zero-order valence-corrected chi connectivity index (χ0v) is 11.5. The van der Waals surface area contributed by atoms with E-state index in [0.717, 1.165) is 42.9 Å². The maximum atomic E-state index is 12.2. The van der Waals surface area contributed by atoms with Crippen LogP contribution in [0.4, 0.5) is 0 Å². The molecule has 2 N–H and O–H groups in total. The van der Waals surface area contributed by atoms with E-state index >= 15 is 0 Å². The molecule has 2 aliphatic rings. The van der Waals surface area contributed by atoms with Crippen molar-refractivity contribution in [1.29, 1.82) is 0 Å². The molecule has 5 nitrogen and oxygen atoms in total. The van der Waals surface area contributed by atoms with Gasteiger partial charge >= 0.3 is 0 Å². The fraction of sp³-hybridized carbons (Fsp3) is 0.533. The van der Waals surface area contributed by atoms with Gasteiger partial charge in [0.15, 0.2) is 11.5 Å². The van der Waals surface area contributed by atoms with Gasteiger partial charge in [-0.25, -0.2) is 0 Å². The molecule has 1 atom stereocenters. The highest BCUT2D eigenvalue weighted by molar-refractivity contribution is 5.77. The summed E-state index contributed by atoms with van der Waals surface area (Å²) in [7, 11) is 0. The van der Waals surface area contributed by atoms with E-state index in [1.165, 1.54) is 0 Å². The Balaban J connectivity index is 1.76. The molecule has 108 valence electrons. The summed E-state index contributed by atoms with van der Waals surface area (Å²) >= 11 is 0. The number of hydrogen-bond acceptors (Lipinski definition) is 4. The van der Waals surface area contributed by atoms with E-state index in [-0.39, 0.29) is 18.7 Å². The predicted octanol–water partition coefficient (Wildman–Crippen LogP) is 1.82. The Hall–Kier alpha value is -1.75. The topological polar surface area (TPSA) is 64.8 Å². The van der Waals surface area contributed by atoms with Crippen molar-refractivity contribution in [1.82, 2.24) is 4.90 Å². The molecule has 1 fully saturated rings. The first-order chi connectivity index (χ1) is 9.79. The maximum Gasteiger partial charge on any atom is 0.231 e. The Morgan fingerprint density at radius 3 is 3.05 bits per heavy atom. The van der Waals surface area contributed by atoms with Crippen LogP contribution >= 0.6 is 0 Å². The molecule has 1 saturated heterocycles. The van der Waals surface area contributed by atoms with Crippen LogP contribution in [-0.2, 0) is 4.79 Å². The molecule has 0 saturated carbocycles. The van der Waals surface area contributed by atoms with Crippen molar-refractivity contribution in [2.75, 3.05) is 19.9 Å². The summed E-state index contributed by atoms with van der Waals surface area (Å²) in [6, 6.07) is 6.13. The van der Waals surface area contributed by atoms with E-state index in [1.54, 1.807) is 0 Å². The van der Waals surface area contributed by atoms with Gasteiger partial charge in [-0.2, -0.15) is 0 Å². The van der Waals surface area contributed by atoms with Crippen molar-refractivity contribution < 1.29 is 14.3 Å². The van der Waals surface area contributed by atoms with Gasteiger partial charge in [0, 0.05) is 13.0 Å². The van der Waals surface area contributed by atoms with E-state index in [9.17, 15) is 4.79 Å². The molecular formula is C15H20N2O3. The molecule has 3 rings (SSSR count). The number of amides is 1. The Bertz CT molecular complexity index is 504. The second kappa shape index (κ2) is 5.71. The number of carbonyl (C=O) groups excluding carboxylic acids is 1. The highest BCUT2D eigenvalue weighted by atomic mass is 16.7. The van der Waals surface area contributed by atoms with Gasteiger partial charge in [-0.15, -0.1) is 0 Å². The first-order valence-electron chi connectivity index (χ1n) is 7.18. The summed E-state index contributed by atoms with van der Waals surface area (Å²) in [5.74, 6) is 1.77.